The van der Waals surface area contributed by atoms with Crippen molar-refractivity contribution in [3.05, 3.63) is 35.9 Å². The number of guanidine groups is 1. The Labute approximate surface area is 169 Å². The summed E-state index contributed by atoms with van der Waals surface area (Å²) in [7, 11) is 3.59. The maximum atomic E-state index is 11.6. The van der Waals surface area contributed by atoms with Gasteiger partial charge in [0.2, 0.25) is 5.91 Å². The van der Waals surface area contributed by atoms with E-state index < -0.39 is 0 Å². The van der Waals surface area contributed by atoms with Gasteiger partial charge in [-0.25, -0.2) is 0 Å². The summed E-state index contributed by atoms with van der Waals surface area (Å²) in [6, 6.07) is 11.3. The van der Waals surface area contributed by atoms with Gasteiger partial charge in [0.1, 0.15) is 0 Å². The van der Waals surface area contributed by atoms with E-state index in [-0.39, 0.29) is 5.91 Å². The van der Waals surface area contributed by atoms with E-state index in [2.05, 4.69) is 55.8 Å². The lowest BCUT2D eigenvalue weighted by Gasteiger charge is -2.35. The molecule has 2 saturated heterocycles. The van der Waals surface area contributed by atoms with Crippen LogP contribution >= 0.6 is 0 Å². The van der Waals surface area contributed by atoms with Gasteiger partial charge in [-0.15, -0.1) is 0 Å². The molecule has 1 unspecified atom stereocenters. The van der Waals surface area contributed by atoms with Crippen LogP contribution in [0.5, 0.6) is 0 Å². The van der Waals surface area contributed by atoms with E-state index in [4.69, 9.17) is 0 Å². The average Bonchev–Trinajstić information content (AvgIpc) is 3.17. The highest BCUT2D eigenvalue weighted by Gasteiger charge is 2.26. The molecule has 0 bridgehead atoms. The minimum Gasteiger partial charge on any atom is -0.359 e. The minimum atomic E-state index is 0.153. The standard InChI is InChI=1S/C22H35N5O/c1-23-21(28)15-18-10-13-26(14-11-18)22(24-2)25-16-20-9-6-12-27(20)17-19-7-4-3-5-8-19/h3-5,7-8,18,20H,6,9-17H2,1-2H3,(H,23,28)(H,24,25). The molecule has 6 nitrogen and oxygen atoms in total. The summed E-state index contributed by atoms with van der Waals surface area (Å²) in [6.07, 6.45) is 5.26. The van der Waals surface area contributed by atoms with Crippen LogP contribution in [0.3, 0.4) is 0 Å². The highest BCUT2D eigenvalue weighted by molar-refractivity contribution is 5.80. The number of nitrogens with one attached hydrogen (secondary N) is 2. The van der Waals surface area contributed by atoms with Crippen LogP contribution in [0.15, 0.2) is 35.3 Å². The van der Waals surface area contributed by atoms with Crippen molar-refractivity contribution in [2.75, 3.05) is 40.3 Å². The van der Waals surface area contributed by atoms with Crippen LogP contribution in [0.2, 0.25) is 0 Å². The maximum absolute atomic E-state index is 11.6. The summed E-state index contributed by atoms with van der Waals surface area (Å²) in [4.78, 5) is 21.0. The lowest BCUT2D eigenvalue weighted by molar-refractivity contribution is -0.121. The van der Waals surface area contributed by atoms with E-state index in [1.165, 1.54) is 24.9 Å². The second kappa shape index (κ2) is 10.5. The largest absolute Gasteiger partial charge is 0.359 e. The fourth-order valence-electron chi connectivity index (χ4n) is 4.41. The molecule has 1 amide bonds. The third kappa shape index (κ3) is 5.71. The maximum Gasteiger partial charge on any atom is 0.220 e. The molecule has 2 fully saturated rings. The van der Waals surface area contributed by atoms with Gasteiger partial charge in [0.25, 0.3) is 0 Å². The number of nitrogens with zero attached hydrogens (tertiary/aromatic N) is 3. The minimum absolute atomic E-state index is 0.153. The lowest BCUT2D eigenvalue weighted by Crippen LogP contribution is -2.49. The number of hydrogen-bond donors (Lipinski definition) is 2. The Kier molecular flexibility index (Phi) is 7.71. The molecule has 2 aliphatic heterocycles. The zero-order valence-electron chi connectivity index (χ0n) is 17.4. The van der Waals surface area contributed by atoms with E-state index >= 15 is 0 Å². The van der Waals surface area contributed by atoms with Gasteiger partial charge in [0.15, 0.2) is 5.96 Å². The molecule has 0 aliphatic carbocycles. The van der Waals surface area contributed by atoms with Crippen LogP contribution in [0.1, 0.15) is 37.7 Å². The van der Waals surface area contributed by atoms with Gasteiger partial charge in [0, 0.05) is 52.7 Å². The molecule has 0 radical (unpaired) electrons. The number of amides is 1. The quantitative estimate of drug-likeness (QED) is 0.581. The average molecular weight is 386 g/mol. The molecular formula is C22H35N5O. The third-order valence-electron chi connectivity index (χ3n) is 6.10. The number of rotatable bonds is 6. The highest BCUT2D eigenvalue weighted by atomic mass is 16.1. The van der Waals surface area contributed by atoms with Crippen molar-refractivity contribution >= 4 is 11.9 Å². The first-order valence-electron chi connectivity index (χ1n) is 10.6. The summed E-state index contributed by atoms with van der Waals surface area (Å²) in [6.45, 7) is 5.08. The van der Waals surface area contributed by atoms with Crippen LogP contribution in [0, 0.1) is 5.92 Å². The predicted octanol–water partition coefficient (Wildman–Crippen LogP) is 2.07. The molecule has 28 heavy (non-hydrogen) atoms. The number of hydrogen-bond acceptors (Lipinski definition) is 3. The first kappa shape index (κ1) is 20.6. The van der Waals surface area contributed by atoms with E-state index in [1.807, 2.05) is 7.05 Å². The summed E-state index contributed by atoms with van der Waals surface area (Å²) < 4.78 is 0. The smallest absolute Gasteiger partial charge is 0.220 e. The SMILES string of the molecule is CN=C(NCC1CCCN1Cc1ccccc1)N1CCC(CC(=O)NC)CC1. The van der Waals surface area contributed by atoms with Crippen molar-refractivity contribution in [1.29, 1.82) is 0 Å². The molecule has 0 aromatic heterocycles. The molecule has 2 N–H and O–H groups in total. The van der Waals surface area contributed by atoms with Crippen molar-refractivity contribution in [3.63, 3.8) is 0 Å². The van der Waals surface area contributed by atoms with Crippen molar-refractivity contribution in [2.45, 2.75) is 44.7 Å². The zero-order chi connectivity index (χ0) is 19.8. The molecule has 6 heteroatoms. The van der Waals surface area contributed by atoms with Gasteiger partial charge in [-0.3, -0.25) is 14.7 Å². The third-order valence-corrected chi connectivity index (χ3v) is 6.10. The molecule has 1 atom stereocenters. The van der Waals surface area contributed by atoms with E-state index in [1.54, 1.807) is 7.05 Å². The Morgan fingerprint density at radius 3 is 2.57 bits per heavy atom. The Morgan fingerprint density at radius 1 is 1.14 bits per heavy atom. The molecule has 2 aliphatic rings. The van der Waals surface area contributed by atoms with Crippen molar-refractivity contribution in [2.24, 2.45) is 10.9 Å². The number of aliphatic imine (C=N–C) groups is 1. The molecule has 3 rings (SSSR count). The molecule has 1 aromatic carbocycles. The fraction of sp³-hybridized carbons (Fsp3) is 0.636. The first-order valence-corrected chi connectivity index (χ1v) is 10.6. The topological polar surface area (TPSA) is 60.0 Å². The van der Waals surface area contributed by atoms with Crippen LogP contribution < -0.4 is 10.6 Å². The number of piperidine rings is 1. The second-order valence-electron chi connectivity index (χ2n) is 7.99. The van der Waals surface area contributed by atoms with Gasteiger partial charge < -0.3 is 15.5 Å². The van der Waals surface area contributed by atoms with Crippen molar-refractivity contribution in [1.82, 2.24) is 20.4 Å². The molecule has 2 heterocycles. The molecule has 0 spiro atoms. The lowest BCUT2D eigenvalue weighted by atomic mass is 9.93. The van der Waals surface area contributed by atoms with Crippen LogP contribution in [0.25, 0.3) is 0 Å². The number of carbonyl (C=O) groups is 1. The molecule has 0 saturated carbocycles. The summed E-state index contributed by atoms with van der Waals surface area (Å²) in [5.41, 5.74) is 1.39. The van der Waals surface area contributed by atoms with Gasteiger partial charge in [0.05, 0.1) is 0 Å². The number of carbonyl (C=O) groups excluding carboxylic acids is 1. The predicted molar refractivity (Wildman–Crippen MR) is 114 cm³/mol. The van der Waals surface area contributed by atoms with Crippen molar-refractivity contribution in [3.8, 4) is 0 Å². The first-order chi connectivity index (χ1) is 13.7. The number of likely N-dealkylation sites (tertiary alicyclic amines) is 2. The normalized spacial score (nSPS) is 21.7. The van der Waals surface area contributed by atoms with E-state index in [0.717, 1.165) is 45.0 Å². The van der Waals surface area contributed by atoms with Gasteiger partial charge in [-0.1, -0.05) is 30.3 Å². The molecular weight excluding hydrogens is 350 g/mol. The van der Waals surface area contributed by atoms with E-state index in [9.17, 15) is 4.79 Å². The Bertz CT molecular complexity index is 640. The van der Waals surface area contributed by atoms with Crippen LogP contribution in [-0.4, -0.2) is 68.0 Å². The molecule has 1 aromatic rings. The van der Waals surface area contributed by atoms with Gasteiger partial charge >= 0.3 is 0 Å². The Hall–Kier alpha value is -2.08. The number of benzene rings is 1. The fourth-order valence-corrected chi connectivity index (χ4v) is 4.41. The van der Waals surface area contributed by atoms with Crippen LogP contribution in [0.4, 0.5) is 0 Å². The van der Waals surface area contributed by atoms with Crippen LogP contribution in [-0.2, 0) is 11.3 Å². The Morgan fingerprint density at radius 2 is 1.89 bits per heavy atom. The Balaban J connectivity index is 1.45. The van der Waals surface area contributed by atoms with Crippen molar-refractivity contribution < 1.29 is 4.79 Å². The summed E-state index contributed by atoms with van der Waals surface area (Å²) >= 11 is 0. The van der Waals surface area contributed by atoms with E-state index in [0.29, 0.717) is 18.4 Å². The van der Waals surface area contributed by atoms with Gasteiger partial charge in [-0.2, -0.15) is 0 Å². The summed E-state index contributed by atoms with van der Waals surface area (Å²) in [5.74, 6) is 1.65. The second-order valence-corrected chi connectivity index (χ2v) is 7.99. The van der Waals surface area contributed by atoms with Gasteiger partial charge in [-0.05, 0) is 43.7 Å². The highest BCUT2D eigenvalue weighted by Crippen LogP contribution is 2.22. The molecule has 154 valence electrons. The monoisotopic (exact) mass is 385 g/mol. The zero-order valence-corrected chi connectivity index (χ0v) is 17.4. The summed E-state index contributed by atoms with van der Waals surface area (Å²) in [5, 5.41) is 6.36.